The molecule has 1 amide bonds. The largest absolute Gasteiger partial charge is 0.376 e. The van der Waals surface area contributed by atoms with E-state index >= 15 is 0 Å². The second-order valence-electron chi connectivity index (χ2n) is 8.08. The molecule has 0 saturated carbocycles. The quantitative estimate of drug-likeness (QED) is 0.559. The Labute approximate surface area is 183 Å². The Morgan fingerprint density at radius 3 is 2.69 bits per heavy atom. The van der Waals surface area contributed by atoms with Crippen LogP contribution in [-0.4, -0.2) is 39.3 Å². The molecule has 9 heteroatoms. The molecular weight excluding hydrogens is 412 g/mol. The number of ether oxygens (including phenoxy) is 1. The van der Waals surface area contributed by atoms with Gasteiger partial charge in [0.25, 0.3) is 11.5 Å². The summed E-state index contributed by atoms with van der Waals surface area (Å²) in [5.74, 6) is -0.504. The molecule has 1 saturated heterocycles. The van der Waals surface area contributed by atoms with Crippen molar-refractivity contribution < 1.29 is 9.53 Å². The molecule has 1 unspecified atom stereocenters. The zero-order chi connectivity index (χ0) is 22.8. The lowest BCUT2D eigenvalue weighted by molar-refractivity contribution is 0.0926. The molecule has 4 rings (SSSR count). The van der Waals surface area contributed by atoms with Crippen LogP contribution in [0.4, 0.5) is 0 Å². The Balaban J connectivity index is 1.55. The molecule has 1 aromatic carbocycles. The minimum absolute atomic E-state index is 0.0265. The molecule has 9 nitrogen and oxygen atoms in total. The molecule has 2 aromatic heterocycles. The number of benzene rings is 1. The number of nitrogens with one attached hydrogen (secondary N) is 2. The van der Waals surface area contributed by atoms with E-state index in [-0.39, 0.29) is 30.3 Å². The number of carbonyl (C=O) groups excluding carboxylic acids is 1. The Morgan fingerprint density at radius 2 is 1.94 bits per heavy atom. The van der Waals surface area contributed by atoms with Crippen LogP contribution in [0.2, 0.25) is 0 Å². The van der Waals surface area contributed by atoms with Crippen molar-refractivity contribution in [3.8, 4) is 0 Å². The molecule has 3 aromatic rings. The van der Waals surface area contributed by atoms with Gasteiger partial charge in [0.05, 0.1) is 23.7 Å². The van der Waals surface area contributed by atoms with Gasteiger partial charge < -0.3 is 24.2 Å². The van der Waals surface area contributed by atoms with Crippen molar-refractivity contribution in [1.82, 2.24) is 19.4 Å². The number of rotatable bonds is 6. The van der Waals surface area contributed by atoms with Gasteiger partial charge in [0.2, 0.25) is 0 Å². The third kappa shape index (κ3) is 4.16. The number of aryl methyl sites for hydroxylation is 2. The fourth-order valence-electron chi connectivity index (χ4n) is 4.24. The van der Waals surface area contributed by atoms with Crippen LogP contribution in [0.3, 0.4) is 0 Å². The molecule has 3 heterocycles. The summed E-state index contributed by atoms with van der Waals surface area (Å²) in [6.45, 7) is 4.87. The number of hydrogen-bond donors (Lipinski definition) is 2. The summed E-state index contributed by atoms with van der Waals surface area (Å²) >= 11 is 0. The van der Waals surface area contributed by atoms with Gasteiger partial charge in [-0.2, -0.15) is 0 Å². The second kappa shape index (κ2) is 8.96. The van der Waals surface area contributed by atoms with Gasteiger partial charge in [-0.25, -0.2) is 0 Å². The molecular formula is C23H26N4O5. The van der Waals surface area contributed by atoms with Crippen LogP contribution >= 0.6 is 0 Å². The van der Waals surface area contributed by atoms with E-state index in [1.165, 1.54) is 4.57 Å². The van der Waals surface area contributed by atoms with E-state index in [1.54, 1.807) is 35.8 Å². The van der Waals surface area contributed by atoms with Crippen molar-refractivity contribution >= 4 is 16.9 Å². The van der Waals surface area contributed by atoms with Crippen molar-refractivity contribution in [2.75, 3.05) is 13.2 Å². The van der Waals surface area contributed by atoms with Crippen LogP contribution in [-0.2, 0) is 17.8 Å². The van der Waals surface area contributed by atoms with Crippen molar-refractivity contribution in [3.63, 3.8) is 0 Å². The van der Waals surface area contributed by atoms with Gasteiger partial charge in [0.15, 0.2) is 0 Å². The Hall–Kier alpha value is -3.46. The van der Waals surface area contributed by atoms with E-state index in [4.69, 9.17) is 4.74 Å². The molecule has 1 atom stereocenters. The number of pyridine rings is 1. The smallest absolute Gasteiger partial charge is 0.316 e. The number of hydrogen-bond acceptors (Lipinski definition) is 5. The first-order valence-corrected chi connectivity index (χ1v) is 10.7. The maximum Gasteiger partial charge on any atom is 0.316 e. The van der Waals surface area contributed by atoms with Gasteiger partial charge in [-0.05, 0) is 50.5 Å². The second-order valence-corrected chi connectivity index (χ2v) is 8.08. The number of H-pyrrole nitrogens is 1. The number of aromatic nitrogens is 3. The highest BCUT2D eigenvalue weighted by molar-refractivity contribution is 5.95. The first kappa shape index (κ1) is 21.8. The molecule has 0 spiro atoms. The maximum absolute atomic E-state index is 13.1. The number of aromatic amines is 1. The summed E-state index contributed by atoms with van der Waals surface area (Å²) in [4.78, 5) is 52.8. The van der Waals surface area contributed by atoms with E-state index < -0.39 is 17.0 Å². The Kier molecular flexibility index (Phi) is 6.09. The molecule has 1 aliphatic heterocycles. The normalized spacial score (nSPS) is 15.9. The van der Waals surface area contributed by atoms with Gasteiger partial charge in [-0.3, -0.25) is 19.2 Å². The summed E-state index contributed by atoms with van der Waals surface area (Å²) in [5.41, 5.74) is 0.788. The highest BCUT2D eigenvalue weighted by Crippen LogP contribution is 2.15. The highest BCUT2D eigenvalue weighted by Gasteiger charge is 2.22. The first-order chi connectivity index (χ1) is 15.4. The van der Waals surface area contributed by atoms with Gasteiger partial charge in [0.1, 0.15) is 5.56 Å². The topological polar surface area (TPSA) is 115 Å². The maximum atomic E-state index is 13.1. The summed E-state index contributed by atoms with van der Waals surface area (Å²) in [6, 6.07) is 8.78. The van der Waals surface area contributed by atoms with Gasteiger partial charge in [-0.15, -0.1) is 0 Å². The van der Waals surface area contributed by atoms with Gasteiger partial charge in [0, 0.05) is 25.4 Å². The molecule has 0 bridgehead atoms. The van der Waals surface area contributed by atoms with Crippen molar-refractivity contribution in [1.29, 1.82) is 0 Å². The number of amides is 1. The van der Waals surface area contributed by atoms with Crippen LogP contribution in [0.1, 0.15) is 34.5 Å². The zero-order valence-corrected chi connectivity index (χ0v) is 18.1. The summed E-state index contributed by atoms with van der Waals surface area (Å²) in [6.07, 6.45) is 1.83. The van der Waals surface area contributed by atoms with Crippen molar-refractivity contribution in [3.05, 3.63) is 78.2 Å². The third-order valence-corrected chi connectivity index (χ3v) is 5.85. The Bertz CT molecular complexity index is 1350. The van der Waals surface area contributed by atoms with Gasteiger partial charge in [-0.1, -0.05) is 12.1 Å². The average molecular weight is 438 g/mol. The number of para-hydroxylation sites is 2. The minimum atomic E-state index is -0.721. The number of nitrogens with zero attached hydrogens (tertiary/aromatic N) is 2. The predicted molar refractivity (Wildman–Crippen MR) is 120 cm³/mol. The number of carbonyl (C=O) groups is 1. The molecule has 0 aliphatic carbocycles. The van der Waals surface area contributed by atoms with E-state index in [9.17, 15) is 19.2 Å². The van der Waals surface area contributed by atoms with Crippen LogP contribution in [0, 0.1) is 13.8 Å². The SMILES string of the molecule is Cc1cc(C)n(CC2CCCO2)c(=O)c1C(=O)NCCn1c(=O)c(=O)[nH]c2ccccc21. The van der Waals surface area contributed by atoms with E-state index in [0.717, 1.165) is 18.5 Å². The average Bonchev–Trinajstić information content (AvgIpc) is 3.27. The lowest BCUT2D eigenvalue weighted by atomic mass is 10.1. The van der Waals surface area contributed by atoms with E-state index in [0.29, 0.717) is 29.7 Å². The standard InChI is InChI=1S/C23H26N4O5/c1-14-12-15(2)27(13-16-6-5-11-32-16)22(30)19(14)20(28)24-9-10-26-18-8-4-3-7-17(18)25-21(29)23(26)31/h3-4,7-8,12,16H,5-6,9-11,13H2,1-2H3,(H,24,28)(H,25,29). The van der Waals surface area contributed by atoms with Crippen LogP contribution in [0.15, 0.2) is 44.7 Å². The lowest BCUT2D eigenvalue weighted by Crippen LogP contribution is -2.40. The van der Waals surface area contributed by atoms with Gasteiger partial charge >= 0.3 is 11.1 Å². The fourth-order valence-corrected chi connectivity index (χ4v) is 4.24. The Morgan fingerprint density at radius 1 is 1.16 bits per heavy atom. The van der Waals surface area contributed by atoms with Crippen molar-refractivity contribution in [2.45, 2.75) is 45.9 Å². The molecule has 32 heavy (non-hydrogen) atoms. The fraction of sp³-hybridized carbons (Fsp3) is 0.391. The van der Waals surface area contributed by atoms with Crippen LogP contribution in [0.25, 0.3) is 11.0 Å². The predicted octanol–water partition coefficient (Wildman–Crippen LogP) is 1.08. The van der Waals surface area contributed by atoms with Crippen LogP contribution < -0.4 is 22.0 Å². The molecule has 2 N–H and O–H groups in total. The zero-order valence-electron chi connectivity index (χ0n) is 18.1. The van der Waals surface area contributed by atoms with Crippen molar-refractivity contribution in [2.24, 2.45) is 0 Å². The van der Waals surface area contributed by atoms with E-state index in [2.05, 4.69) is 10.3 Å². The highest BCUT2D eigenvalue weighted by atomic mass is 16.5. The summed E-state index contributed by atoms with van der Waals surface area (Å²) in [7, 11) is 0. The number of fused-ring (bicyclic) bond motifs is 1. The molecule has 0 radical (unpaired) electrons. The third-order valence-electron chi connectivity index (χ3n) is 5.85. The molecule has 1 aliphatic rings. The summed E-state index contributed by atoms with van der Waals surface area (Å²) < 4.78 is 8.56. The minimum Gasteiger partial charge on any atom is -0.376 e. The van der Waals surface area contributed by atoms with E-state index in [1.807, 2.05) is 13.0 Å². The molecule has 1 fully saturated rings. The monoisotopic (exact) mass is 438 g/mol. The molecule has 168 valence electrons. The lowest BCUT2D eigenvalue weighted by Gasteiger charge is -2.17. The summed E-state index contributed by atoms with van der Waals surface area (Å²) in [5, 5.41) is 2.73. The first-order valence-electron chi connectivity index (χ1n) is 10.7. The van der Waals surface area contributed by atoms with Crippen LogP contribution in [0.5, 0.6) is 0 Å².